The van der Waals surface area contributed by atoms with Gasteiger partial charge in [0.15, 0.2) is 0 Å². The molecular formula is C13H16F3NO3. The fourth-order valence-corrected chi connectivity index (χ4v) is 1.57. The molecule has 0 amide bonds. The summed E-state index contributed by atoms with van der Waals surface area (Å²) in [6, 6.07) is 4.52. The van der Waals surface area contributed by atoms with Crippen molar-refractivity contribution in [3.63, 3.8) is 0 Å². The molecular weight excluding hydrogens is 275 g/mol. The standard InChI is InChI=1S/C13H16F3NO3/c1-20-12(19)5-6-17-8-11(18)9-3-2-4-10(7-9)13(14,15)16/h2-4,7,11,17-18H,5-6,8H2,1H3. The first kappa shape index (κ1) is 16.5. The van der Waals surface area contributed by atoms with Crippen LogP contribution in [0.2, 0.25) is 0 Å². The fraction of sp³-hybridized carbons (Fsp3) is 0.462. The van der Waals surface area contributed by atoms with Crippen molar-refractivity contribution < 1.29 is 27.8 Å². The third kappa shape index (κ3) is 5.18. The van der Waals surface area contributed by atoms with Gasteiger partial charge in [-0.2, -0.15) is 13.2 Å². The highest BCUT2D eigenvalue weighted by Crippen LogP contribution is 2.30. The topological polar surface area (TPSA) is 58.6 Å². The quantitative estimate of drug-likeness (QED) is 0.621. The minimum absolute atomic E-state index is 0.0539. The predicted molar refractivity (Wildman–Crippen MR) is 65.9 cm³/mol. The van der Waals surface area contributed by atoms with E-state index in [4.69, 9.17) is 0 Å². The van der Waals surface area contributed by atoms with Crippen LogP contribution in [0, 0.1) is 0 Å². The number of nitrogens with one attached hydrogen (secondary N) is 1. The van der Waals surface area contributed by atoms with Crippen LogP contribution in [-0.2, 0) is 15.7 Å². The van der Waals surface area contributed by atoms with Crippen molar-refractivity contribution in [2.45, 2.75) is 18.7 Å². The summed E-state index contributed by atoms with van der Waals surface area (Å²) < 4.78 is 42.0. The van der Waals surface area contributed by atoms with Crippen LogP contribution < -0.4 is 5.32 Å². The molecule has 0 saturated carbocycles. The first-order valence-corrected chi connectivity index (χ1v) is 5.97. The Bertz CT molecular complexity index is 449. The minimum Gasteiger partial charge on any atom is -0.469 e. The van der Waals surface area contributed by atoms with Gasteiger partial charge in [-0.05, 0) is 17.7 Å². The maximum Gasteiger partial charge on any atom is 0.416 e. The van der Waals surface area contributed by atoms with Crippen molar-refractivity contribution in [1.82, 2.24) is 5.32 Å². The van der Waals surface area contributed by atoms with E-state index in [0.29, 0.717) is 0 Å². The molecule has 0 saturated heterocycles. The minimum atomic E-state index is -4.44. The highest BCUT2D eigenvalue weighted by Gasteiger charge is 2.30. The van der Waals surface area contributed by atoms with Crippen molar-refractivity contribution in [1.29, 1.82) is 0 Å². The molecule has 0 radical (unpaired) electrons. The molecule has 1 atom stereocenters. The largest absolute Gasteiger partial charge is 0.469 e. The Balaban J connectivity index is 2.51. The molecule has 0 aromatic heterocycles. The van der Waals surface area contributed by atoms with E-state index in [1.807, 2.05) is 0 Å². The Morgan fingerprint density at radius 2 is 2.15 bits per heavy atom. The number of aliphatic hydroxyl groups excluding tert-OH is 1. The summed E-state index contributed by atoms with van der Waals surface area (Å²) in [5, 5.41) is 12.6. The van der Waals surface area contributed by atoms with E-state index < -0.39 is 23.8 Å². The van der Waals surface area contributed by atoms with E-state index >= 15 is 0 Å². The van der Waals surface area contributed by atoms with Crippen LogP contribution in [0.25, 0.3) is 0 Å². The van der Waals surface area contributed by atoms with Gasteiger partial charge in [0.1, 0.15) is 0 Å². The Labute approximate surface area is 114 Å². The fourth-order valence-electron chi connectivity index (χ4n) is 1.57. The summed E-state index contributed by atoms with van der Waals surface area (Å²) >= 11 is 0. The summed E-state index contributed by atoms with van der Waals surface area (Å²) in [6.07, 6.45) is -5.38. The van der Waals surface area contributed by atoms with E-state index in [9.17, 15) is 23.1 Å². The Morgan fingerprint density at radius 3 is 2.75 bits per heavy atom. The number of rotatable bonds is 6. The molecule has 1 aromatic carbocycles. The van der Waals surface area contributed by atoms with Crippen LogP contribution in [0.1, 0.15) is 23.7 Å². The first-order chi connectivity index (χ1) is 9.34. The van der Waals surface area contributed by atoms with Crippen molar-refractivity contribution in [2.24, 2.45) is 0 Å². The van der Waals surface area contributed by atoms with Crippen LogP contribution >= 0.6 is 0 Å². The lowest BCUT2D eigenvalue weighted by Crippen LogP contribution is -2.24. The lowest BCUT2D eigenvalue weighted by molar-refractivity contribution is -0.140. The molecule has 2 N–H and O–H groups in total. The second-order valence-electron chi connectivity index (χ2n) is 4.17. The molecule has 1 rings (SSSR count). The molecule has 0 heterocycles. The number of ether oxygens (including phenoxy) is 1. The zero-order valence-corrected chi connectivity index (χ0v) is 10.9. The molecule has 0 bridgehead atoms. The molecule has 112 valence electrons. The molecule has 1 unspecified atom stereocenters. The monoisotopic (exact) mass is 291 g/mol. The maximum absolute atomic E-state index is 12.5. The van der Waals surface area contributed by atoms with Crippen LogP contribution in [0.4, 0.5) is 13.2 Å². The number of aliphatic hydroxyl groups is 1. The lowest BCUT2D eigenvalue weighted by Gasteiger charge is -2.14. The number of benzene rings is 1. The van der Waals surface area contributed by atoms with Crippen LogP contribution in [0.3, 0.4) is 0 Å². The van der Waals surface area contributed by atoms with Gasteiger partial charge in [0.25, 0.3) is 0 Å². The van der Waals surface area contributed by atoms with Crippen molar-refractivity contribution in [3.05, 3.63) is 35.4 Å². The number of hydrogen-bond acceptors (Lipinski definition) is 4. The number of esters is 1. The average molecular weight is 291 g/mol. The van der Waals surface area contributed by atoms with Crippen LogP contribution in [0.15, 0.2) is 24.3 Å². The van der Waals surface area contributed by atoms with Gasteiger partial charge in [-0.15, -0.1) is 0 Å². The Morgan fingerprint density at radius 1 is 1.45 bits per heavy atom. The van der Waals surface area contributed by atoms with Gasteiger partial charge in [-0.3, -0.25) is 4.79 Å². The summed E-state index contributed by atoms with van der Waals surface area (Å²) in [4.78, 5) is 10.8. The van der Waals surface area contributed by atoms with Gasteiger partial charge in [0.2, 0.25) is 0 Å². The van der Waals surface area contributed by atoms with Crippen molar-refractivity contribution >= 4 is 5.97 Å². The van der Waals surface area contributed by atoms with Gasteiger partial charge in [0.05, 0.1) is 25.2 Å². The highest BCUT2D eigenvalue weighted by molar-refractivity contribution is 5.69. The Kier molecular flexibility index (Phi) is 5.97. The molecule has 1 aromatic rings. The smallest absolute Gasteiger partial charge is 0.416 e. The molecule has 4 nitrogen and oxygen atoms in total. The summed E-state index contributed by atoms with van der Waals surface area (Å²) in [7, 11) is 1.26. The predicted octanol–water partition coefficient (Wildman–Crippen LogP) is 1.89. The number of halogens is 3. The lowest BCUT2D eigenvalue weighted by atomic mass is 10.1. The number of alkyl halides is 3. The van der Waals surface area contributed by atoms with Gasteiger partial charge < -0.3 is 15.2 Å². The third-order valence-corrected chi connectivity index (χ3v) is 2.67. The SMILES string of the molecule is COC(=O)CCNCC(O)c1cccc(C(F)(F)F)c1. The maximum atomic E-state index is 12.5. The second kappa shape index (κ2) is 7.25. The normalized spacial score (nSPS) is 13.1. The summed E-state index contributed by atoms with van der Waals surface area (Å²) in [5.74, 6) is -0.397. The average Bonchev–Trinajstić information content (AvgIpc) is 2.42. The zero-order chi connectivity index (χ0) is 15.2. The van der Waals surface area contributed by atoms with Crippen molar-refractivity contribution in [2.75, 3.05) is 20.2 Å². The van der Waals surface area contributed by atoms with Crippen LogP contribution in [0.5, 0.6) is 0 Å². The van der Waals surface area contributed by atoms with E-state index in [0.717, 1.165) is 12.1 Å². The van der Waals surface area contributed by atoms with E-state index in [1.165, 1.54) is 19.2 Å². The molecule has 7 heteroatoms. The summed E-state index contributed by atoms with van der Waals surface area (Å²) in [5.41, 5.74) is -0.631. The molecule has 20 heavy (non-hydrogen) atoms. The molecule has 0 aliphatic carbocycles. The van der Waals surface area contributed by atoms with Gasteiger partial charge in [0, 0.05) is 13.1 Å². The third-order valence-electron chi connectivity index (χ3n) is 2.67. The first-order valence-electron chi connectivity index (χ1n) is 5.97. The van der Waals surface area contributed by atoms with Gasteiger partial charge in [-0.1, -0.05) is 12.1 Å². The van der Waals surface area contributed by atoms with Gasteiger partial charge >= 0.3 is 12.1 Å². The van der Waals surface area contributed by atoms with E-state index in [1.54, 1.807) is 0 Å². The van der Waals surface area contributed by atoms with E-state index in [-0.39, 0.29) is 25.1 Å². The Hall–Kier alpha value is -1.60. The number of hydrogen-bond donors (Lipinski definition) is 2. The molecule has 0 aliphatic heterocycles. The van der Waals surface area contributed by atoms with Gasteiger partial charge in [-0.25, -0.2) is 0 Å². The number of carbonyl (C=O) groups is 1. The highest BCUT2D eigenvalue weighted by atomic mass is 19.4. The van der Waals surface area contributed by atoms with Crippen molar-refractivity contribution in [3.8, 4) is 0 Å². The number of methoxy groups -OCH3 is 1. The van der Waals surface area contributed by atoms with Crippen LogP contribution in [-0.4, -0.2) is 31.3 Å². The number of carbonyl (C=O) groups excluding carboxylic acids is 1. The summed E-state index contributed by atoms with van der Waals surface area (Å²) in [6.45, 7) is 0.334. The molecule has 0 fully saturated rings. The molecule has 0 aliphatic rings. The molecule has 0 spiro atoms. The second-order valence-corrected chi connectivity index (χ2v) is 4.17. The zero-order valence-electron chi connectivity index (χ0n) is 10.9. The van der Waals surface area contributed by atoms with E-state index in [2.05, 4.69) is 10.1 Å².